The summed E-state index contributed by atoms with van der Waals surface area (Å²) in [4.78, 5) is 13.1. The molecule has 0 radical (unpaired) electrons. The molecule has 0 aliphatic carbocycles. The first-order valence-corrected chi connectivity index (χ1v) is 4.99. The Balaban J connectivity index is 0.000000671. The van der Waals surface area contributed by atoms with Crippen LogP contribution >= 0.6 is 0 Å². The molecule has 0 aromatic heterocycles. The molecule has 13 heavy (non-hydrogen) atoms. The van der Waals surface area contributed by atoms with Crippen molar-refractivity contribution in [2.45, 2.75) is 46.6 Å². The van der Waals surface area contributed by atoms with Crippen LogP contribution in [0, 0.1) is 11.8 Å². The lowest BCUT2D eigenvalue weighted by molar-refractivity contribution is -0.125. The van der Waals surface area contributed by atoms with Crippen molar-refractivity contribution in [3.05, 3.63) is 0 Å². The van der Waals surface area contributed by atoms with Crippen LogP contribution in [0.5, 0.6) is 0 Å². The Labute approximate surface area is 81.3 Å². The summed E-state index contributed by atoms with van der Waals surface area (Å²) in [7, 11) is 0. The third kappa shape index (κ3) is 3.50. The van der Waals surface area contributed by atoms with Gasteiger partial charge in [0.2, 0.25) is 0 Å². The lowest BCUT2D eigenvalue weighted by Crippen LogP contribution is -2.32. The number of hydrogen-bond donors (Lipinski definition) is 0. The summed E-state index contributed by atoms with van der Waals surface area (Å²) in [5.41, 5.74) is 0. The van der Waals surface area contributed by atoms with Gasteiger partial charge in [-0.2, -0.15) is 0 Å². The summed E-state index contributed by atoms with van der Waals surface area (Å²) in [6, 6.07) is 0.392. The average molecular weight is 181 g/mol. The Kier molecular flexibility index (Phi) is 6.05. The van der Waals surface area contributed by atoms with Gasteiger partial charge in [0.05, 0.1) is 0 Å². The fourth-order valence-electron chi connectivity index (χ4n) is 1.41. The molecular weight excluding hydrogens is 162 g/mol. The van der Waals surface area contributed by atoms with Crippen molar-refractivity contribution in [1.82, 2.24) is 4.90 Å². The van der Waals surface area contributed by atoms with E-state index in [1.165, 1.54) is 0 Å². The summed E-state index contributed by atoms with van der Waals surface area (Å²) < 4.78 is 0. The van der Waals surface area contributed by atoms with Crippen molar-refractivity contribution >= 4 is 5.91 Å². The molecule has 0 spiro atoms. The van der Waals surface area contributed by atoms with Crippen LogP contribution in [0.3, 0.4) is 0 Å². The van der Waals surface area contributed by atoms with Crippen LogP contribution in [0.25, 0.3) is 0 Å². The maximum atomic E-state index is 11.2. The minimum atomic E-state index is -0.0162. The SMILES string of the molecule is CC.CC#CC(=O)N1CCC[C@H]1C. The highest BCUT2D eigenvalue weighted by molar-refractivity contribution is 5.93. The Hall–Kier alpha value is -0.970. The van der Waals surface area contributed by atoms with Gasteiger partial charge in [-0.1, -0.05) is 19.8 Å². The number of rotatable bonds is 0. The Morgan fingerprint density at radius 3 is 2.46 bits per heavy atom. The van der Waals surface area contributed by atoms with Gasteiger partial charge in [-0.15, -0.1) is 0 Å². The first-order valence-electron chi connectivity index (χ1n) is 4.99. The molecule has 0 N–H and O–H groups in total. The second-order valence-corrected chi connectivity index (χ2v) is 2.86. The van der Waals surface area contributed by atoms with Crippen LogP contribution in [-0.2, 0) is 4.79 Å². The Bertz CT molecular complexity index is 212. The zero-order valence-electron chi connectivity index (χ0n) is 9.05. The van der Waals surface area contributed by atoms with Gasteiger partial charge in [-0.3, -0.25) is 4.79 Å². The monoisotopic (exact) mass is 181 g/mol. The molecule has 2 nitrogen and oxygen atoms in total. The largest absolute Gasteiger partial charge is 0.329 e. The van der Waals surface area contributed by atoms with Gasteiger partial charge < -0.3 is 4.90 Å². The van der Waals surface area contributed by atoms with Crippen molar-refractivity contribution in [3.63, 3.8) is 0 Å². The zero-order valence-corrected chi connectivity index (χ0v) is 9.05. The fraction of sp³-hybridized carbons (Fsp3) is 0.727. The van der Waals surface area contributed by atoms with E-state index in [0.717, 1.165) is 19.4 Å². The van der Waals surface area contributed by atoms with E-state index >= 15 is 0 Å². The number of carbonyl (C=O) groups is 1. The van der Waals surface area contributed by atoms with Crippen LogP contribution in [0.1, 0.15) is 40.5 Å². The third-order valence-corrected chi connectivity index (χ3v) is 2.05. The molecule has 1 aliphatic rings. The van der Waals surface area contributed by atoms with E-state index in [1.54, 1.807) is 6.92 Å². The van der Waals surface area contributed by atoms with E-state index in [4.69, 9.17) is 0 Å². The standard InChI is InChI=1S/C9H13NO.C2H6/c1-3-5-9(11)10-7-4-6-8(10)2;1-2/h8H,4,6-7H2,1-2H3;1-2H3/t8-;/m1./s1. The smallest absolute Gasteiger partial charge is 0.298 e. The normalized spacial score (nSPS) is 19.7. The van der Waals surface area contributed by atoms with Crippen molar-refractivity contribution in [1.29, 1.82) is 0 Å². The molecule has 0 bridgehead atoms. The third-order valence-electron chi connectivity index (χ3n) is 2.05. The van der Waals surface area contributed by atoms with Gasteiger partial charge in [0.25, 0.3) is 5.91 Å². The highest BCUT2D eigenvalue weighted by Crippen LogP contribution is 2.15. The number of nitrogens with zero attached hydrogens (tertiary/aromatic N) is 1. The molecule has 0 saturated carbocycles. The Morgan fingerprint density at radius 1 is 1.46 bits per heavy atom. The number of carbonyl (C=O) groups excluding carboxylic acids is 1. The summed E-state index contributed by atoms with van der Waals surface area (Å²) in [5, 5.41) is 0. The molecule has 74 valence electrons. The fourth-order valence-corrected chi connectivity index (χ4v) is 1.41. The van der Waals surface area contributed by atoms with Crippen LogP contribution < -0.4 is 0 Å². The van der Waals surface area contributed by atoms with E-state index in [2.05, 4.69) is 18.8 Å². The van der Waals surface area contributed by atoms with Crippen molar-refractivity contribution in [2.24, 2.45) is 0 Å². The van der Waals surface area contributed by atoms with E-state index in [-0.39, 0.29) is 5.91 Å². The van der Waals surface area contributed by atoms with E-state index < -0.39 is 0 Å². The molecule has 0 aromatic rings. The summed E-state index contributed by atoms with van der Waals surface area (Å²) in [6.45, 7) is 8.65. The summed E-state index contributed by atoms with van der Waals surface area (Å²) in [5.74, 6) is 5.16. The zero-order chi connectivity index (χ0) is 10.3. The predicted molar refractivity (Wildman–Crippen MR) is 55.2 cm³/mol. The summed E-state index contributed by atoms with van der Waals surface area (Å²) in [6.07, 6.45) is 2.25. The summed E-state index contributed by atoms with van der Waals surface area (Å²) >= 11 is 0. The van der Waals surface area contributed by atoms with E-state index in [9.17, 15) is 4.79 Å². The number of likely N-dealkylation sites (tertiary alicyclic amines) is 1. The predicted octanol–water partition coefficient (Wildman–Crippen LogP) is 2.05. The second-order valence-electron chi connectivity index (χ2n) is 2.86. The molecule has 1 rings (SSSR count). The minimum absolute atomic E-state index is 0.0162. The van der Waals surface area contributed by atoms with Gasteiger partial charge in [0.15, 0.2) is 0 Å². The molecule has 0 unspecified atom stereocenters. The first kappa shape index (κ1) is 12.0. The van der Waals surface area contributed by atoms with Gasteiger partial charge in [0.1, 0.15) is 0 Å². The van der Waals surface area contributed by atoms with Gasteiger partial charge in [-0.05, 0) is 32.6 Å². The molecular formula is C11H19NO. The van der Waals surface area contributed by atoms with E-state index in [1.807, 2.05) is 18.7 Å². The van der Waals surface area contributed by atoms with E-state index in [0.29, 0.717) is 6.04 Å². The Morgan fingerprint density at radius 2 is 2.08 bits per heavy atom. The van der Waals surface area contributed by atoms with Crippen molar-refractivity contribution in [2.75, 3.05) is 6.54 Å². The van der Waals surface area contributed by atoms with Gasteiger partial charge >= 0.3 is 0 Å². The first-order chi connectivity index (χ1) is 6.25. The quantitative estimate of drug-likeness (QED) is 0.524. The van der Waals surface area contributed by atoms with Gasteiger partial charge in [-0.25, -0.2) is 0 Å². The van der Waals surface area contributed by atoms with Crippen molar-refractivity contribution < 1.29 is 4.79 Å². The van der Waals surface area contributed by atoms with Crippen LogP contribution in [-0.4, -0.2) is 23.4 Å². The molecule has 1 aliphatic heterocycles. The number of hydrogen-bond acceptors (Lipinski definition) is 1. The highest BCUT2D eigenvalue weighted by Gasteiger charge is 2.23. The molecule has 0 aromatic carbocycles. The van der Waals surface area contributed by atoms with Crippen LogP contribution in [0.2, 0.25) is 0 Å². The highest BCUT2D eigenvalue weighted by atomic mass is 16.2. The van der Waals surface area contributed by atoms with Gasteiger partial charge in [0, 0.05) is 12.6 Å². The molecule has 1 saturated heterocycles. The lowest BCUT2D eigenvalue weighted by Gasteiger charge is -2.17. The molecule has 1 amide bonds. The average Bonchev–Trinajstić information content (AvgIpc) is 2.55. The topological polar surface area (TPSA) is 20.3 Å². The lowest BCUT2D eigenvalue weighted by atomic mass is 10.2. The van der Waals surface area contributed by atoms with Crippen LogP contribution in [0.4, 0.5) is 0 Å². The molecule has 2 heteroatoms. The minimum Gasteiger partial charge on any atom is -0.329 e. The molecule has 1 fully saturated rings. The van der Waals surface area contributed by atoms with Crippen LogP contribution in [0.15, 0.2) is 0 Å². The second kappa shape index (κ2) is 6.54. The maximum absolute atomic E-state index is 11.2. The number of amides is 1. The molecule has 1 heterocycles. The molecule has 1 atom stereocenters. The maximum Gasteiger partial charge on any atom is 0.298 e. The van der Waals surface area contributed by atoms with Crippen molar-refractivity contribution in [3.8, 4) is 11.8 Å².